The summed E-state index contributed by atoms with van der Waals surface area (Å²) in [7, 11) is 1.33. The molecule has 0 aliphatic carbocycles. The molecule has 0 bridgehead atoms. The van der Waals surface area contributed by atoms with E-state index in [0.29, 0.717) is 17.8 Å². The topological polar surface area (TPSA) is 135 Å². The predicted octanol–water partition coefficient (Wildman–Crippen LogP) is 3.19. The van der Waals surface area contributed by atoms with E-state index >= 15 is 0 Å². The summed E-state index contributed by atoms with van der Waals surface area (Å²) in [6, 6.07) is 6.67. The molecule has 5 N–H and O–H groups in total. The molecule has 1 heterocycles. The van der Waals surface area contributed by atoms with E-state index in [1.165, 1.54) is 39.2 Å². The van der Waals surface area contributed by atoms with Gasteiger partial charge in [-0.05, 0) is 43.7 Å². The van der Waals surface area contributed by atoms with Gasteiger partial charge in [-0.2, -0.15) is 9.97 Å². The Morgan fingerprint density at radius 1 is 1.00 bits per heavy atom. The van der Waals surface area contributed by atoms with Crippen molar-refractivity contribution in [3.8, 4) is 0 Å². The second-order valence-electron chi connectivity index (χ2n) is 7.06. The van der Waals surface area contributed by atoms with Crippen molar-refractivity contribution >= 4 is 23.6 Å². The number of hydrogen-bond acceptors (Lipinski definition) is 8. The average Bonchev–Trinajstić information content (AvgIpc) is 2.74. The van der Waals surface area contributed by atoms with Crippen LogP contribution in [0.15, 0.2) is 29.1 Å². The number of nitrogens with zero attached hydrogens (tertiary/aromatic N) is 2. The molecule has 0 unspecified atom stereocenters. The largest absolute Gasteiger partial charge is 0.465 e. The fourth-order valence-corrected chi connectivity index (χ4v) is 3.00. The summed E-state index contributed by atoms with van der Waals surface area (Å²) < 4.78 is 4.67. The number of aromatic amines is 1. The summed E-state index contributed by atoms with van der Waals surface area (Å²) in [6.07, 6.45) is 9.45. The zero-order chi connectivity index (χ0) is 21.6. The molecule has 0 radical (unpaired) electrons. The van der Waals surface area contributed by atoms with Crippen molar-refractivity contribution in [1.82, 2.24) is 15.0 Å². The summed E-state index contributed by atoms with van der Waals surface area (Å²) >= 11 is 0. The van der Waals surface area contributed by atoms with Crippen LogP contribution in [-0.4, -0.2) is 41.1 Å². The van der Waals surface area contributed by atoms with Crippen molar-refractivity contribution in [2.24, 2.45) is 5.73 Å². The number of carbonyl (C=O) groups is 1. The number of H-pyrrole nitrogens is 1. The fraction of sp³-hybridized carbons (Fsp3) is 0.524. The van der Waals surface area contributed by atoms with E-state index in [4.69, 9.17) is 5.73 Å². The second-order valence-corrected chi connectivity index (χ2v) is 7.06. The summed E-state index contributed by atoms with van der Waals surface area (Å²) in [5, 5.41) is 6.11. The first-order chi connectivity index (χ1) is 14.6. The van der Waals surface area contributed by atoms with E-state index in [1.54, 1.807) is 24.3 Å². The molecule has 9 heteroatoms. The van der Waals surface area contributed by atoms with Crippen molar-refractivity contribution in [1.29, 1.82) is 0 Å². The van der Waals surface area contributed by atoms with Gasteiger partial charge in [0, 0.05) is 12.2 Å². The number of nitrogens with one attached hydrogen (secondary N) is 3. The predicted molar refractivity (Wildman–Crippen MR) is 118 cm³/mol. The Morgan fingerprint density at radius 2 is 1.63 bits per heavy atom. The Morgan fingerprint density at radius 3 is 2.27 bits per heavy atom. The molecule has 0 saturated carbocycles. The molecule has 0 spiro atoms. The van der Waals surface area contributed by atoms with E-state index in [0.717, 1.165) is 25.8 Å². The highest BCUT2D eigenvalue weighted by molar-refractivity contribution is 5.89. The number of nitrogens with two attached hydrogens (primary N) is 1. The highest BCUT2D eigenvalue weighted by Gasteiger charge is 2.06. The van der Waals surface area contributed by atoms with Crippen molar-refractivity contribution < 1.29 is 9.53 Å². The zero-order valence-electron chi connectivity index (χ0n) is 17.6. The third-order valence-electron chi connectivity index (χ3n) is 4.63. The van der Waals surface area contributed by atoms with Crippen LogP contribution in [0.4, 0.5) is 17.6 Å². The Balaban J connectivity index is 1.74. The highest BCUT2D eigenvalue weighted by atomic mass is 16.5. The number of rotatable bonds is 14. The minimum absolute atomic E-state index is 0.279. The first-order valence-electron chi connectivity index (χ1n) is 10.5. The maximum Gasteiger partial charge on any atom is 0.351 e. The molecule has 0 saturated heterocycles. The van der Waals surface area contributed by atoms with Crippen molar-refractivity contribution in [3.63, 3.8) is 0 Å². The van der Waals surface area contributed by atoms with Crippen LogP contribution < -0.4 is 22.1 Å². The number of benzene rings is 1. The first-order valence-corrected chi connectivity index (χ1v) is 10.5. The molecular weight excluding hydrogens is 384 g/mol. The van der Waals surface area contributed by atoms with Crippen molar-refractivity contribution in [2.75, 3.05) is 30.8 Å². The first kappa shape index (κ1) is 23.3. The van der Waals surface area contributed by atoms with Crippen LogP contribution in [-0.2, 0) is 4.74 Å². The molecule has 1 aromatic carbocycles. The number of anilines is 3. The standard InChI is InChI=1S/C21H32N6O3/c1-30-18(28)16-10-12-17(13-11-16)24-20-25-19(26-21(29)27-20)23-15-9-7-5-3-2-4-6-8-14-22/h10-13H,2-9,14-15,22H2,1H3,(H3,23,24,25,26,27,29). The Bertz CT molecular complexity index is 822. The van der Waals surface area contributed by atoms with Crippen LogP contribution in [0.1, 0.15) is 61.7 Å². The monoisotopic (exact) mass is 416 g/mol. The van der Waals surface area contributed by atoms with Gasteiger partial charge in [0.25, 0.3) is 0 Å². The summed E-state index contributed by atoms with van der Waals surface area (Å²) in [5.74, 6) is 0.157. The van der Waals surface area contributed by atoms with Crippen LogP contribution in [0.25, 0.3) is 0 Å². The van der Waals surface area contributed by atoms with Gasteiger partial charge >= 0.3 is 11.7 Å². The van der Waals surface area contributed by atoms with Crippen LogP contribution in [0, 0.1) is 0 Å². The third kappa shape index (κ3) is 8.60. The van der Waals surface area contributed by atoms with Gasteiger partial charge in [-0.3, -0.25) is 4.98 Å². The van der Waals surface area contributed by atoms with Gasteiger partial charge in [0.1, 0.15) is 0 Å². The summed E-state index contributed by atoms with van der Waals surface area (Å²) in [6.45, 7) is 1.50. The lowest BCUT2D eigenvalue weighted by Gasteiger charge is -2.08. The van der Waals surface area contributed by atoms with Gasteiger partial charge < -0.3 is 21.1 Å². The molecule has 9 nitrogen and oxygen atoms in total. The lowest BCUT2D eigenvalue weighted by Crippen LogP contribution is -2.18. The molecule has 2 rings (SSSR count). The molecule has 1 aromatic heterocycles. The molecule has 30 heavy (non-hydrogen) atoms. The molecule has 0 aliphatic rings. The molecule has 164 valence electrons. The number of hydrogen-bond donors (Lipinski definition) is 4. The second kappa shape index (κ2) is 13.3. The lowest BCUT2D eigenvalue weighted by molar-refractivity contribution is 0.0601. The Labute approximate surface area is 176 Å². The van der Waals surface area contributed by atoms with E-state index in [1.807, 2.05) is 0 Å². The van der Waals surface area contributed by atoms with Gasteiger partial charge in [0.2, 0.25) is 11.9 Å². The SMILES string of the molecule is COC(=O)c1ccc(Nc2nc(NCCCCCCCCCCN)nc(=O)[nH]2)cc1. The smallest absolute Gasteiger partial charge is 0.351 e. The molecule has 0 aliphatic heterocycles. The number of carbonyl (C=O) groups excluding carboxylic acids is 1. The molecule has 0 amide bonds. The van der Waals surface area contributed by atoms with Crippen LogP contribution in [0.3, 0.4) is 0 Å². The van der Waals surface area contributed by atoms with Crippen LogP contribution in [0.5, 0.6) is 0 Å². The van der Waals surface area contributed by atoms with E-state index in [9.17, 15) is 9.59 Å². The summed E-state index contributed by atoms with van der Waals surface area (Å²) in [5.41, 5.74) is 6.12. The minimum atomic E-state index is -0.487. The molecule has 2 aromatic rings. The number of ether oxygens (including phenoxy) is 1. The van der Waals surface area contributed by atoms with E-state index < -0.39 is 11.7 Å². The van der Waals surface area contributed by atoms with Gasteiger partial charge in [0.05, 0.1) is 12.7 Å². The van der Waals surface area contributed by atoms with E-state index in [2.05, 4.69) is 30.3 Å². The maximum atomic E-state index is 11.8. The van der Waals surface area contributed by atoms with Crippen LogP contribution in [0.2, 0.25) is 0 Å². The van der Waals surface area contributed by atoms with Crippen molar-refractivity contribution in [2.45, 2.75) is 51.4 Å². The number of unbranched alkanes of at least 4 members (excludes halogenated alkanes) is 7. The van der Waals surface area contributed by atoms with Gasteiger partial charge in [0.15, 0.2) is 0 Å². The highest BCUT2D eigenvalue weighted by Crippen LogP contribution is 2.14. The number of methoxy groups -OCH3 is 1. The zero-order valence-corrected chi connectivity index (χ0v) is 17.6. The minimum Gasteiger partial charge on any atom is -0.465 e. The average molecular weight is 417 g/mol. The normalized spacial score (nSPS) is 10.6. The number of aromatic nitrogens is 3. The maximum absolute atomic E-state index is 11.8. The Kier molecular flexibility index (Phi) is 10.4. The fourth-order valence-electron chi connectivity index (χ4n) is 3.00. The van der Waals surface area contributed by atoms with Gasteiger partial charge in [-0.15, -0.1) is 0 Å². The number of esters is 1. The third-order valence-corrected chi connectivity index (χ3v) is 4.63. The molecule has 0 atom stereocenters. The van der Waals surface area contributed by atoms with Gasteiger partial charge in [-0.1, -0.05) is 38.5 Å². The summed E-state index contributed by atoms with van der Waals surface area (Å²) in [4.78, 5) is 34.0. The molecular formula is C21H32N6O3. The lowest BCUT2D eigenvalue weighted by atomic mass is 10.1. The Hall–Kier alpha value is -2.94. The van der Waals surface area contributed by atoms with Crippen molar-refractivity contribution in [3.05, 3.63) is 40.3 Å². The molecule has 0 fully saturated rings. The van der Waals surface area contributed by atoms with E-state index in [-0.39, 0.29) is 11.9 Å². The van der Waals surface area contributed by atoms with Gasteiger partial charge in [-0.25, -0.2) is 9.59 Å². The quantitative estimate of drug-likeness (QED) is 0.272. The van der Waals surface area contributed by atoms with Crippen LogP contribution >= 0.6 is 0 Å².